The first kappa shape index (κ1) is 17.3. The quantitative estimate of drug-likeness (QED) is 0.334. The summed E-state index contributed by atoms with van der Waals surface area (Å²) in [6.45, 7) is 3.13. The van der Waals surface area contributed by atoms with Crippen molar-refractivity contribution in [3.8, 4) is 0 Å². The Morgan fingerprint density at radius 3 is 2.77 bits per heavy atom. The monoisotopic (exact) mass is 307 g/mol. The predicted octanol–water partition coefficient (Wildman–Crippen LogP) is 1.34. The molecule has 1 heterocycles. The van der Waals surface area contributed by atoms with E-state index < -0.39 is 22.9 Å². The fourth-order valence-electron chi connectivity index (χ4n) is 1.77. The van der Waals surface area contributed by atoms with E-state index in [0.717, 1.165) is 0 Å². The molecule has 0 bridgehead atoms. The Balaban J connectivity index is 2.70. The average Bonchev–Trinajstić information content (AvgIpc) is 2.55. The number of aromatic nitrogens is 2. The Morgan fingerprint density at radius 2 is 2.27 bits per heavy atom. The summed E-state index contributed by atoms with van der Waals surface area (Å²) in [5, 5.41) is 16.2. The van der Waals surface area contributed by atoms with Gasteiger partial charge in [-0.05, 0) is 12.5 Å². The van der Waals surface area contributed by atoms with Crippen LogP contribution >= 0.6 is 0 Å². The molecule has 2 atom stereocenters. The molecule has 1 rings (SSSR count). The van der Waals surface area contributed by atoms with E-state index >= 15 is 0 Å². The van der Waals surface area contributed by atoms with Crippen LogP contribution in [0.2, 0.25) is 0 Å². The lowest BCUT2D eigenvalue weighted by atomic mass is 10.0. The summed E-state index contributed by atoms with van der Waals surface area (Å²) in [6, 6.07) is -1.78. The molecule has 1 aromatic heterocycles. The maximum Gasteiger partial charge on any atom is 0.271 e. The second kappa shape index (κ2) is 8.55. The van der Waals surface area contributed by atoms with Crippen molar-refractivity contribution in [2.24, 2.45) is 5.18 Å². The summed E-state index contributed by atoms with van der Waals surface area (Å²) >= 11 is 0. The van der Waals surface area contributed by atoms with Crippen LogP contribution in [0.15, 0.2) is 35.4 Å². The molecular formula is C13H17N5O4. The fraction of sp³-hybridized carbons (Fsp3) is 0.462. The van der Waals surface area contributed by atoms with Crippen molar-refractivity contribution in [1.82, 2.24) is 15.3 Å². The Kier molecular flexibility index (Phi) is 6.74. The minimum absolute atomic E-state index is 0.0627. The van der Waals surface area contributed by atoms with Gasteiger partial charge in [-0.25, -0.2) is 4.98 Å². The number of nitrogens with one attached hydrogen (secondary N) is 1. The van der Waals surface area contributed by atoms with Crippen LogP contribution < -0.4 is 5.32 Å². The molecule has 118 valence electrons. The Morgan fingerprint density at radius 1 is 1.55 bits per heavy atom. The molecule has 9 heteroatoms. The summed E-state index contributed by atoms with van der Waals surface area (Å²) in [7, 11) is 0. The molecule has 0 saturated heterocycles. The van der Waals surface area contributed by atoms with Crippen molar-refractivity contribution in [2.45, 2.75) is 32.4 Å². The number of carbonyl (C=O) groups is 1. The summed E-state index contributed by atoms with van der Waals surface area (Å²) < 4.78 is 0. The van der Waals surface area contributed by atoms with Crippen LogP contribution in [0.3, 0.4) is 0 Å². The van der Waals surface area contributed by atoms with Gasteiger partial charge in [-0.3, -0.25) is 19.9 Å². The largest absolute Gasteiger partial charge is 0.348 e. The third-order valence-corrected chi connectivity index (χ3v) is 3.07. The van der Waals surface area contributed by atoms with Crippen molar-refractivity contribution in [2.75, 3.05) is 6.54 Å². The van der Waals surface area contributed by atoms with Gasteiger partial charge in [0.15, 0.2) is 0 Å². The third kappa shape index (κ3) is 5.00. The zero-order chi connectivity index (χ0) is 16.5. The molecule has 0 spiro atoms. The van der Waals surface area contributed by atoms with Gasteiger partial charge in [-0.2, -0.15) is 4.91 Å². The molecule has 0 saturated carbocycles. The molecule has 1 N–H and O–H groups in total. The van der Waals surface area contributed by atoms with Gasteiger partial charge in [-0.15, -0.1) is 0 Å². The van der Waals surface area contributed by atoms with E-state index in [-0.39, 0.29) is 12.2 Å². The molecule has 0 aliphatic heterocycles. The molecule has 0 aromatic carbocycles. The molecule has 2 unspecified atom stereocenters. The number of nitrogens with zero attached hydrogens (tertiary/aromatic N) is 4. The normalized spacial score (nSPS) is 14.0. The molecule has 0 radical (unpaired) electrons. The van der Waals surface area contributed by atoms with Gasteiger partial charge in [0.25, 0.3) is 5.91 Å². The lowest BCUT2D eigenvalue weighted by molar-refractivity contribution is -0.508. The standard InChI is InChI=1S/C13H17N5O4/c1-3-10(9(2)18(21)22)6-11(17-20)7-16-13(19)12-8-14-4-5-15-12/h4-6,8-9,11H,3,7H2,1-2H3,(H,16,19). The Hall–Kier alpha value is -2.71. The molecule has 0 aliphatic carbocycles. The highest BCUT2D eigenvalue weighted by Gasteiger charge is 2.20. The molecule has 1 amide bonds. The van der Waals surface area contributed by atoms with Crippen molar-refractivity contribution in [1.29, 1.82) is 0 Å². The summed E-state index contributed by atoms with van der Waals surface area (Å²) in [4.78, 5) is 40.6. The third-order valence-electron chi connectivity index (χ3n) is 3.07. The number of hydrogen-bond donors (Lipinski definition) is 1. The molecule has 0 aliphatic rings. The van der Waals surface area contributed by atoms with E-state index in [1.54, 1.807) is 6.92 Å². The van der Waals surface area contributed by atoms with Gasteiger partial charge in [-0.1, -0.05) is 12.1 Å². The molecule has 22 heavy (non-hydrogen) atoms. The average molecular weight is 307 g/mol. The number of rotatable bonds is 8. The highest BCUT2D eigenvalue weighted by atomic mass is 16.6. The highest BCUT2D eigenvalue weighted by Crippen LogP contribution is 2.12. The number of amides is 1. The first-order valence-corrected chi connectivity index (χ1v) is 6.70. The van der Waals surface area contributed by atoms with Crippen LogP contribution in [-0.4, -0.2) is 39.4 Å². The predicted molar refractivity (Wildman–Crippen MR) is 78.8 cm³/mol. The molecule has 1 aromatic rings. The van der Waals surface area contributed by atoms with Crippen molar-refractivity contribution >= 4 is 5.91 Å². The van der Waals surface area contributed by atoms with Crippen LogP contribution in [0.1, 0.15) is 30.8 Å². The zero-order valence-corrected chi connectivity index (χ0v) is 12.3. The Bertz CT molecular complexity index is 561. The van der Waals surface area contributed by atoms with E-state index in [0.29, 0.717) is 12.0 Å². The van der Waals surface area contributed by atoms with Crippen LogP contribution in [0.4, 0.5) is 0 Å². The van der Waals surface area contributed by atoms with E-state index in [9.17, 15) is 19.8 Å². The van der Waals surface area contributed by atoms with Gasteiger partial charge in [0.05, 0.1) is 6.20 Å². The number of nitro groups is 1. The second-order valence-corrected chi connectivity index (χ2v) is 4.53. The van der Waals surface area contributed by atoms with Crippen LogP contribution in [0.5, 0.6) is 0 Å². The van der Waals surface area contributed by atoms with Crippen molar-refractivity contribution in [3.05, 3.63) is 51.0 Å². The lowest BCUT2D eigenvalue weighted by Gasteiger charge is -2.11. The SMILES string of the molecule is CCC(=CC(CNC(=O)c1cnccn1)N=O)C(C)[N+](=O)[O-]. The molecular weight excluding hydrogens is 290 g/mol. The van der Waals surface area contributed by atoms with E-state index in [1.165, 1.54) is 31.6 Å². The van der Waals surface area contributed by atoms with Crippen LogP contribution in [0, 0.1) is 15.0 Å². The maximum atomic E-state index is 11.8. The van der Waals surface area contributed by atoms with Crippen LogP contribution in [-0.2, 0) is 0 Å². The van der Waals surface area contributed by atoms with E-state index in [4.69, 9.17) is 0 Å². The topological polar surface area (TPSA) is 127 Å². The summed E-state index contributed by atoms with van der Waals surface area (Å²) in [5.74, 6) is -0.490. The first-order valence-electron chi connectivity index (χ1n) is 6.70. The number of nitroso groups, excluding NO2 is 1. The van der Waals surface area contributed by atoms with E-state index in [1.807, 2.05) is 0 Å². The van der Waals surface area contributed by atoms with Crippen molar-refractivity contribution < 1.29 is 9.72 Å². The summed E-state index contributed by atoms with van der Waals surface area (Å²) in [5.41, 5.74) is 0.605. The molecule has 9 nitrogen and oxygen atoms in total. The fourth-order valence-corrected chi connectivity index (χ4v) is 1.77. The summed E-state index contributed by atoms with van der Waals surface area (Å²) in [6.07, 6.45) is 5.95. The number of carbonyl (C=O) groups excluding carboxylic acids is 1. The van der Waals surface area contributed by atoms with Gasteiger partial charge in [0.1, 0.15) is 11.7 Å². The second-order valence-electron chi connectivity index (χ2n) is 4.53. The first-order chi connectivity index (χ1) is 10.5. The smallest absolute Gasteiger partial charge is 0.271 e. The maximum absolute atomic E-state index is 11.8. The number of hydrogen-bond acceptors (Lipinski definition) is 7. The molecule has 0 fully saturated rings. The lowest BCUT2D eigenvalue weighted by Crippen LogP contribution is -2.31. The van der Waals surface area contributed by atoms with Crippen LogP contribution in [0.25, 0.3) is 0 Å². The van der Waals surface area contributed by atoms with Crippen molar-refractivity contribution in [3.63, 3.8) is 0 Å². The minimum Gasteiger partial charge on any atom is -0.348 e. The Labute approximate surface area is 127 Å². The highest BCUT2D eigenvalue weighted by molar-refractivity contribution is 5.91. The zero-order valence-electron chi connectivity index (χ0n) is 12.3. The van der Waals surface area contributed by atoms with Gasteiger partial charge in [0, 0.05) is 36.4 Å². The van der Waals surface area contributed by atoms with Gasteiger partial charge < -0.3 is 5.32 Å². The minimum atomic E-state index is -0.898. The van der Waals surface area contributed by atoms with Gasteiger partial charge >= 0.3 is 0 Å². The van der Waals surface area contributed by atoms with E-state index in [2.05, 4.69) is 20.5 Å². The van der Waals surface area contributed by atoms with Gasteiger partial charge in [0.2, 0.25) is 6.04 Å².